The van der Waals surface area contributed by atoms with Gasteiger partial charge >= 0.3 is 0 Å². The SMILES string of the molecule is CNC(CO)c1ccc(N2CCOCC2)cc1. The van der Waals surface area contributed by atoms with E-state index >= 15 is 0 Å². The van der Waals surface area contributed by atoms with E-state index in [2.05, 4.69) is 34.5 Å². The Morgan fingerprint density at radius 1 is 1.29 bits per heavy atom. The molecule has 4 heteroatoms. The van der Waals surface area contributed by atoms with Crippen LogP contribution in [0.15, 0.2) is 24.3 Å². The monoisotopic (exact) mass is 236 g/mol. The fourth-order valence-corrected chi connectivity index (χ4v) is 2.10. The number of aliphatic hydroxyl groups excluding tert-OH is 1. The number of hydrogen-bond acceptors (Lipinski definition) is 4. The van der Waals surface area contributed by atoms with E-state index in [1.807, 2.05) is 7.05 Å². The maximum absolute atomic E-state index is 9.21. The van der Waals surface area contributed by atoms with Gasteiger partial charge in [-0.15, -0.1) is 0 Å². The Morgan fingerprint density at radius 3 is 2.47 bits per heavy atom. The molecule has 2 N–H and O–H groups in total. The van der Waals surface area contributed by atoms with Crippen LogP contribution in [0.3, 0.4) is 0 Å². The van der Waals surface area contributed by atoms with Crippen molar-refractivity contribution in [1.82, 2.24) is 5.32 Å². The van der Waals surface area contributed by atoms with Gasteiger partial charge in [-0.2, -0.15) is 0 Å². The van der Waals surface area contributed by atoms with E-state index in [0.29, 0.717) is 0 Å². The van der Waals surface area contributed by atoms with Crippen LogP contribution in [-0.2, 0) is 4.74 Å². The first kappa shape index (κ1) is 12.4. The highest BCUT2D eigenvalue weighted by molar-refractivity contribution is 5.48. The average Bonchev–Trinajstić information content (AvgIpc) is 2.42. The molecule has 2 rings (SSSR count). The molecule has 0 bridgehead atoms. The van der Waals surface area contributed by atoms with Crippen molar-refractivity contribution in [3.63, 3.8) is 0 Å². The van der Waals surface area contributed by atoms with Crippen LogP contribution in [0.5, 0.6) is 0 Å². The van der Waals surface area contributed by atoms with Crippen molar-refractivity contribution in [2.45, 2.75) is 6.04 Å². The highest BCUT2D eigenvalue weighted by atomic mass is 16.5. The zero-order valence-corrected chi connectivity index (χ0v) is 10.2. The van der Waals surface area contributed by atoms with Gasteiger partial charge in [-0.25, -0.2) is 0 Å². The highest BCUT2D eigenvalue weighted by Crippen LogP contribution is 2.19. The Bertz CT molecular complexity index is 330. The van der Waals surface area contributed by atoms with Crippen molar-refractivity contribution in [3.05, 3.63) is 29.8 Å². The normalized spacial score (nSPS) is 18.1. The number of aliphatic hydroxyl groups is 1. The lowest BCUT2D eigenvalue weighted by molar-refractivity contribution is 0.122. The zero-order chi connectivity index (χ0) is 12.1. The second-order valence-electron chi connectivity index (χ2n) is 4.21. The second kappa shape index (κ2) is 6.00. The second-order valence-corrected chi connectivity index (χ2v) is 4.21. The average molecular weight is 236 g/mol. The van der Waals surface area contributed by atoms with Crippen LogP contribution in [0.25, 0.3) is 0 Å². The summed E-state index contributed by atoms with van der Waals surface area (Å²) in [6.07, 6.45) is 0. The molecule has 1 aromatic carbocycles. The summed E-state index contributed by atoms with van der Waals surface area (Å²) in [7, 11) is 1.86. The molecule has 0 saturated carbocycles. The molecular formula is C13H20N2O2. The number of morpholine rings is 1. The number of likely N-dealkylation sites (N-methyl/N-ethyl adjacent to an activating group) is 1. The van der Waals surface area contributed by atoms with Gasteiger partial charge in [0.2, 0.25) is 0 Å². The quantitative estimate of drug-likeness (QED) is 0.811. The molecule has 0 aliphatic carbocycles. The predicted molar refractivity (Wildman–Crippen MR) is 68.4 cm³/mol. The van der Waals surface area contributed by atoms with Crippen molar-refractivity contribution >= 4 is 5.69 Å². The summed E-state index contributed by atoms with van der Waals surface area (Å²) in [4.78, 5) is 2.32. The van der Waals surface area contributed by atoms with E-state index in [9.17, 15) is 5.11 Å². The van der Waals surface area contributed by atoms with Crippen molar-refractivity contribution < 1.29 is 9.84 Å². The number of ether oxygens (including phenoxy) is 1. The maximum atomic E-state index is 9.21. The fraction of sp³-hybridized carbons (Fsp3) is 0.538. The van der Waals surface area contributed by atoms with Gasteiger partial charge in [0, 0.05) is 18.8 Å². The molecule has 1 heterocycles. The van der Waals surface area contributed by atoms with Crippen LogP contribution in [0.4, 0.5) is 5.69 Å². The molecular weight excluding hydrogens is 216 g/mol. The van der Waals surface area contributed by atoms with E-state index in [0.717, 1.165) is 31.9 Å². The summed E-state index contributed by atoms with van der Waals surface area (Å²) >= 11 is 0. The van der Waals surface area contributed by atoms with Gasteiger partial charge in [0.1, 0.15) is 0 Å². The molecule has 1 fully saturated rings. The first-order chi connectivity index (χ1) is 8.35. The van der Waals surface area contributed by atoms with Gasteiger partial charge in [-0.3, -0.25) is 0 Å². The van der Waals surface area contributed by atoms with Gasteiger partial charge in [-0.05, 0) is 24.7 Å². The molecule has 1 aliphatic heterocycles. The summed E-state index contributed by atoms with van der Waals surface area (Å²) in [6, 6.07) is 8.39. The molecule has 0 spiro atoms. The van der Waals surface area contributed by atoms with Crippen LogP contribution >= 0.6 is 0 Å². The zero-order valence-electron chi connectivity index (χ0n) is 10.2. The number of anilines is 1. The summed E-state index contributed by atoms with van der Waals surface area (Å²) in [5.41, 5.74) is 2.34. The summed E-state index contributed by atoms with van der Waals surface area (Å²) < 4.78 is 5.33. The third-order valence-electron chi connectivity index (χ3n) is 3.20. The topological polar surface area (TPSA) is 44.7 Å². The Morgan fingerprint density at radius 2 is 1.94 bits per heavy atom. The third kappa shape index (κ3) is 2.97. The van der Waals surface area contributed by atoms with Gasteiger partial charge in [-0.1, -0.05) is 12.1 Å². The summed E-state index contributed by atoms with van der Waals surface area (Å²) in [6.45, 7) is 3.63. The summed E-state index contributed by atoms with van der Waals surface area (Å²) in [5.74, 6) is 0. The third-order valence-corrected chi connectivity index (χ3v) is 3.20. The van der Waals surface area contributed by atoms with Crippen LogP contribution in [0.2, 0.25) is 0 Å². The van der Waals surface area contributed by atoms with E-state index in [4.69, 9.17) is 4.74 Å². The van der Waals surface area contributed by atoms with Gasteiger partial charge in [0.25, 0.3) is 0 Å². The summed E-state index contributed by atoms with van der Waals surface area (Å²) in [5, 5.41) is 12.3. The molecule has 1 aliphatic rings. The van der Waals surface area contributed by atoms with Crippen molar-refractivity contribution in [3.8, 4) is 0 Å². The predicted octanol–water partition coefficient (Wildman–Crippen LogP) is 0.776. The lowest BCUT2D eigenvalue weighted by atomic mass is 10.1. The molecule has 0 aromatic heterocycles. The molecule has 1 atom stereocenters. The minimum atomic E-state index is 0.0220. The standard InChI is InChI=1S/C13H20N2O2/c1-14-13(10-16)11-2-4-12(5-3-11)15-6-8-17-9-7-15/h2-5,13-14,16H,6-10H2,1H3. The van der Waals surface area contributed by atoms with Crippen molar-refractivity contribution in [1.29, 1.82) is 0 Å². The first-order valence-electron chi connectivity index (χ1n) is 6.06. The molecule has 17 heavy (non-hydrogen) atoms. The fourth-order valence-electron chi connectivity index (χ4n) is 2.10. The molecule has 0 amide bonds. The Labute approximate surface area is 102 Å². The van der Waals surface area contributed by atoms with Gasteiger partial charge in [0.15, 0.2) is 0 Å². The van der Waals surface area contributed by atoms with Crippen molar-refractivity contribution in [2.24, 2.45) is 0 Å². The van der Waals surface area contributed by atoms with E-state index in [-0.39, 0.29) is 12.6 Å². The van der Waals surface area contributed by atoms with Crippen LogP contribution in [0.1, 0.15) is 11.6 Å². The van der Waals surface area contributed by atoms with Crippen LogP contribution < -0.4 is 10.2 Å². The Kier molecular flexibility index (Phi) is 4.36. The number of nitrogens with one attached hydrogen (secondary N) is 1. The van der Waals surface area contributed by atoms with E-state index in [1.165, 1.54) is 5.69 Å². The molecule has 1 saturated heterocycles. The smallest absolute Gasteiger partial charge is 0.0642 e. The first-order valence-corrected chi connectivity index (χ1v) is 6.06. The molecule has 1 unspecified atom stereocenters. The Hall–Kier alpha value is -1.10. The minimum Gasteiger partial charge on any atom is -0.394 e. The number of hydrogen-bond donors (Lipinski definition) is 2. The number of benzene rings is 1. The number of rotatable bonds is 4. The van der Waals surface area contributed by atoms with Gasteiger partial charge < -0.3 is 20.1 Å². The van der Waals surface area contributed by atoms with E-state index in [1.54, 1.807) is 0 Å². The molecule has 0 radical (unpaired) electrons. The Balaban J connectivity index is 2.06. The minimum absolute atomic E-state index is 0.0220. The lowest BCUT2D eigenvalue weighted by Gasteiger charge is -2.29. The highest BCUT2D eigenvalue weighted by Gasteiger charge is 2.12. The largest absolute Gasteiger partial charge is 0.394 e. The van der Waals surface area contributed by atoms with E-state index < -0.39 is 0 Å². The van der Waals surface area contributed by atoms with Crippen LogP contribution in [0, 0.1) is 0 Å². The van der Waals surface area contributed by atoms with Crippen LogP contribution in [-0.4, -0.2) is 45.1 Å². The molecule has 4 nitrogen and oxygen atoms in total. The number of nitrogens with zero attached hydrogens (tertiary/aromatic N) is 1. The molecule has 1 aromatic rings. The van der Waals surface area contributed by atoms with Crippen molar-refractivity contribution in [2.75, 3.05) is 44.9 Å². The van der Waals surface area contributed by atoms with Gasteiger partial charge in [0.05, 0.1) is 25.9 Å². The lowest BCUT2D eigenvalue weighted by Crippen LogP contribution is -2.36. The maximum Gasteiger partial charge on any atom is 0.0642 e. The molecule has 94 valence electrons.